The van der Waals surface area contributed by atoms with Crippen LogP contribution in [0.5, 0.6) is 0 Å². The van der Waals surface area contributed by atoms with Gasteiger partial charge in [0.15, 0.2) is 0 Å². The molecule has 0 unspecified atom stereocenters. The van der Waals surface area contributed by atoms with Crippen LogP contribution in [0.3, 0.4) is 0 Å². The van der Waals surface area contributed by atoms with Gasteiger partial charge in [-0.05, 0) is 39.2 Å². The number of benzene rings is 1. The molecule has 3 nitrogen and oxygen atoms in total. The van der Waals surface area contributed by atoms with E-state index >= 15 is 0 Å². The number of carbonyl (C=O) groups excluding carboxylic acids is 1. The van der Waals surface area contributed by atoms with Crippen molar-refractivity contribution in [3.8, 4) is 0 Å². The quantitative estimate of drug-likeness (QED) is 0.853. The maximum Gasteiger partial charge on any atom is 0.318 e. The van der Waals surface area contributed by atoms with Gasteiger partial charge in [0.2, 0.25) is 0 Å². The molecule has 0 radical (unpaired) electrons. The fourth-order valence-corrected chi connectivity index (χ4v) is 2.56. The Balaban J connectivity index is 2.14. The summed E-state index contributed by atoms with van der Waals surface area (Å²) in [5.41, 5.74) is 2.51. The van der Waals surface area contributed by atoms with Crippen LogP contribution in [-0.2, 0) is 0 Å². The summed E-state index contributed by atoms with van der Waals surface area (Å²) in [5.74, 6) is 0. The molecule has 1 atom stereocenters. The summed E-state index contributed by atoms with van der Waals surface area (Å²) < 4.78 is 0. The molecule has 1 saturated heterocycles. The van der Waals surface area contributed by atoms with Crippen LogP contribution in [0.1, 0.15) is 43.9 Å². The summed E-state index contributed by atoms with van der Waals surface area (Å²) in [6, 6.07) is 8.97. The van der Waals surface area contributed by atoms with E-state index in [0.717, 1.165) is 19.4 Å². The summed E-state index contributed by atoms with van der Waals surface area (Å²) in [5, 5.41) is 2.99. The molecule has 1 N–H and O–H groups in total. The predicted molar refractivity (Wildman–Crippen MR) is 73.5 cm³/mol. The molecule has 2 rings (SSSR count). The lowest BCUT2D eigenvalue weighted by atomic mass is 10.0. The van der Waals surface area contributed by atoms with Crippen molar-refractivity contribution in [2.75, 3.05) is 6.54 Å². The van der Waals surface area contributed by atoms with E-state index in [2.05, 4.69) is 36.5 Å². The molecule has 0 aliphatic carbocycles. The van der Waals surface area contributed by atoms with Crippen LogP contribution in [0, 0.1) is 6.92 Å². The van der Waals surface area contributed by atoms with Gasteiger partial charge in [-0.2, -0.15) is 0 Å². The highest BCUT2D eigenvalue weighted by molar-refractivity contribution is 5.75. The topological polar surface area (TPSA) is 32.3 Å². The number of hydrogen-bond acceptors (Lipinski definition) is 1. The number of urea groups is 1. The molecule has 1 aromatic rings. The molecule has 1 aromatic carbocycles. The first-order chi connectivity index (χ1) is 8.58. The fourth-order valence-electron chi connectivity index (χ4n) is 2.56. The van der Waals surface area contributed by atoms with E-state index in [1.165, 1.54) is 11.1 Å². The van der Waals surface area contributed by atoms with E-state index < -0.39 is 0 Å². The number of nitrogens with one attached hydrogen (secondary N) is 1. The minimum atomic E-state index is 0.0639. The van der Waals surface area contributed by atoms with E-state index in [-0.39, 0.29) is 18.1 Å². The first-order valence-corrected chi connectivity index (χ1v) is 6.71. The lowest BCUT2D eigenvalue weighted by Gasteiger charge is -2.26. The Kier molecular flexibility index (Phi) is 3.90. The second-order valence-electron chi connectivity index (χ2n) is 5.37. The van der Waals surface area contributed by atoms with Gasteiger partial charge >= 0.3 is 6.03 Å². The molecule has 1 fully saturated rings. The Morgan fingerprint density at radius 2 is 2.22 bits per heavy atom. The van der Waals surface area contributed by atoms with Crippen LogP contribution in [0.2, 0.25) is 0 Å². The Bertz CT molecular complexity index is 428. The molecule has 0 aromatic heterocycles. The molecule has 98 valence electrons. The standard InChI is InChI=1S/C15H22N2O/c1-11(2)16-15(18)17-9-5-8-14(17)13-7-4-6-12(3)10-13/h4,6-7,10-11,14H,5,8-9H2,1-3H3,(H,16,18)/t14-/m1/s1. The number of amides is 2. The molecule has 0 saturated carbocycles. The highest BCUT2D eigenvalue weighted by Gasteiger charge is 2.29. The van der Waals surface area contributed by atoms with E-state index in [0.29, 0.717) is 0 Å². The molecule has 3 heteroatoms. The molecule has 18 heavy (non-hydrogen) atoms. The van der Waals surface area contributed by atoms with Crippen molar-refractivity contribution >= 4 is 6.03 Å². The first kappa shape index (κ1) is 12.9. The van der Waals surface area contributed by atoms with Crippen LogP contribution >= 0.6 is 0 Å². The van der Waals surface area contributed by atoms with Gasteiger partial charge in [0.05, 0.1) is 6.04 Å². The Morgan fingerprint density at radius 1 is 1.44 bits per heavy atom. The number of aryl methyl sites for hydroxylation is 1. The number of nitrogens with zero attached hydrogens (tertiary/aromatic N) is 1. The van der Waals surface area contributed by atoms with Gasteiger partial charge in [0.25, 0.3) is 0 Å². The first-order valence-electron chi connectivity index (χ1n) is 6.71. The lowest BCUT2D eigenvalue weighted by molar-refractivity contribution is 0.190. The Morgan fingerprint density at radius 3 is 2.89 bits per heavy atom. The van der Waals surface area contributed by atoms with Crippen LogP contribution in [-0.4, -0.2) is 23.5 Å². The van der Waals surface area contributed by atoms with Crippen molar-refractivity contribution in [1.29, 1.82) is 0 Å². The van der Waals surface area contributed by atoms with E-state index in [9.17, 15) is 4.79 Å². The monoisotopic (exact) mass is 246 g/mol. The summed E-state index contributed by atoms with van der Waals surface area (Å²) in [6.07, 6.45) is 2.15. The zero-order valence-corrected chi connectivity index (χ0v) is 11.4. The Hall–Kier alpha value is -1.51. The fraction of sp³-hybridized carbons (Fsp3) is 0.533. The van der Waals surface area contributed by atoms with Gasteiger partial charge in [-0.25, -0.2) is 4.79 Å². The molecule has 1 aliphatic rings. The van der Waals surface area contributed by atoms with Crippen molar-refractivity contribution in [3.05, 3.63) is 35.4 Å². The minimum Gasteiger partial charge on any atom is -0.336 e. The maximum absolute atomic E-state index is 12.1. The molecular weight excluding hydrogens is 224 g/mol. The zero-order valence-electron chi connectivity index (χ0n) is 11.4. The third-order valence-electron chi connectivity index (χ3n) is 3.35. The molecule has 0 spiro atoms. The van der Waals surface area contributed by atoms with Gasteiger partial charge in [-0.3, -0.25) is 0 Å². The average molecular weight is 246 g/mol. The largest absolute Gasteiger partial charge is 0.336 e. The number of likely N-dealkylation sites (tertiary alicyclic amines) is 1. The average Bonchev–Trinajstić information content (AvgIpc) is 2.76. The highest BCUT2D eigenvalue weighted by atomic mass is 16.2. The van der Waals surface area contributed by atoms with E-state index in [4.69, 9.17) is 0 Å². The summed E-state index contributed by atoms with van der Waals surface area (Å²) in [6.45, 7) is 6.94. The number of rotatable bonds is 2. The van der Waals surface area contributed by atoms with Gasteiger partial charge in [-0.15, -0.1) is 0 Å². The van der Waals surface area contributed by atoms with Crippen LogP contribution < -0.4 is 5.32 Å². The van der Waals surface area contributed by atoms with Crippen molar-refractivity contribution < 1.29 is 4.79 Å². The second kappa shape index (κ2) is 5.42. The SMILES string of the molecule is Cc1cccc([C@H]2CCCN2C(=O)NC(C)C)c1. The summed E-state index contributed by atoms with van der Waals surface area (Å²) in [4.78, 5) is 14.1. The zero-order chi connectivity index (χ0) is 13.1. The number of carbonyl (C=O) groups is 1. The molecule has 2 amide bonds. The van der Waals surface area contributed by atoms with Gasteiger partial charge in [0.1, 0.15) is 0 Å². The molecular formula is C15H22N2O. The second-order valence-corrected chi connectivity index (χ2v) is 5.37. The highest BCUT2D eigenvalue weighted by Crippen LogP contribution is 2.32. The lowest BCUT2D eigenvalue weighted by Crippen LogP contribution is -2.42. The third-order valence-corrected chi connectivity index (χ3v) is 3.35. The summed E-state index contributed by atoms with van der Waals surface area (Å²) in [7, 11) is 0. The molecule has 0 bridgehead atoms. The molecule has 1 heterocycles. The van der Waals surface area contributed by atoms with Gasteiger partial charge in [0, 0.05) is 12.6 Å². The van der Waals surface area contributed by atoms with Gasteiger partial charge in [-0.1, -0.05) is 29.8 Å². The van der Waals surface area contributed by atoms with Crippen molar-refractivity contribution in [1.82, 2.24) is 10.2 Å². The third kappa shape index (κ3) is 2.84. The van der Waals surface area contributed by atoms with Crippen molar-refractivity contribution in [2.24, 2.45) is 0 Å². The van der Waals surface area contributed by atoms with Gasteiger partial charge < -0.3 is 10.2 Å². The number of hydrogen-bond donors (Lipinski definition) is 1. The van der Waals surface area contributed by atoms with E-state index in [1.54, 1.807) is 0 Å². The summed E-state index contributed by atoms with van der Waals surface area (Å²) >= 11 is 0. The van der Waals surface area contributed by atoms with Crippen LogP contribution in [0.25, 0.3) is 0 Å². The molecule has 1 aliphatic heterocycles. The van der Waals surface area contributed by atoms with Crippen LogP contribution in [0.4, 0.5) is 4.79 Å². The van der Waals surface area contributed by atoms with Crippen molar-refractivity contribution in [3.63, 3.8) is 0 Å². The van der Waals surface area contributed by atoms with E-state index in [1.807, 2.05) is 18.7 Å². The predicted octanol–water partition coefficient (Wildman–Crippen LogP) is 3.25. The van der Waals surface area contributed by atoms with Crippen LogP contribution in [0.15, 0.2) is 24.3 Å². The smallest absolute Gasteiger partial charge is 0.318 e. The minimum absolute atomic E-state index is 0.0639. The van der Waals surface area contributed by atoms with Crippen molar-refractivity contribution in [2.45, 2.75) is 45.7 Å². The Labute approximate surface area is 109 Å². The normalized spacial score (nSPS) is 19.3. The maximum atomic E-state index is 12.1.